The van der Waals surface area contributed by atoms with Gasteiger partial charge in [-0.2, -0.15) is 5.26 Å². The molecule has 3 aromatic rings. The van der Waals surface area contributed by atoms with Crippen molar-refractivity contribution in [2.24, 2.45) is 5.41 Å². The number of aryl methyl sites for hydroxylation is 2. The predicted molar refractivity (Wildman–Crippen MR) is 138 cm³/mol. The highest BCUT2D eigenvalue weighted by Gasteiger charge is 2.26. The van der Waals surface area contributed by atoms with Gasteiger partial charge in [-0.15, -0.1) is 0 Å². The quantitative estimate of drug-likeness (QED) is 0.384. The van der Waals surface area contributed by atoms with Crippen molar-refractivity contribution < 1.29 is 9.53 Å². The van der Waals surface area contributed by atoms with Crippen molar-refractivity contribution in [3.05, 3.63) is 105 Å². The van der Waals surface area contributed by atoms with Crippen molar-refractivity contribution in [2.75, 3.05) is 0 Å². The van der Waals surface area contributed by atoms with E-state index >= 15 is 0 Å². The Morgan fingerprint density at radius 1 is 1.03 bits per heavy atom. The molecule has 0 fully saturated rings. The summed E-state index contributed by atoms with van der Waals surface area (Å²) in [7, 11) is 0. The van der Waals surface area contributed by atoms with E-state index in [2.05, 4.69) is 11.4 Å². The van der Waals surface area contributed by atoms with Crippen LogP contribution >= 0.6 is 11.6 Å². The van der Waals surface area contributed by atoms with E-state index in [0.29, 0.717) is 34.2 Å². The highest BCUT2D eigenvalue weighted by Crippen LogP contribution is 2.33. The summed E-state index contributed by atoms with van der Waals surface area (Å²) in [5.74, 6) is 0.167. The van der Waals surface area contributed by atoms with E-state index in [1.165, 1.54) is 0 Å². The average molecular weight is 473 g/mol. The number of rotatable bonds is 6. The maximum absolute atomic E-state index is 13.2. The van der Waals surface area contributed by atoms with Crippen LogP contribution in [0, 0.1) is 30.6 Å². The molecule has 0 spiro atoms. The lowest BCUT2D eigenvalue weighted by molar-refractivity contribution is 0.0958. The molecule has 0 unspecified atom stereocenters. The van der Waals surface area contributed by atoms with E-state index in [9.17, 15) is 10.1 Å². The van der Waals surface area contributed by atoms with Crippen LogP contribution in [0.1, 0.15) is 53.4 Å². The molecule has 0 bridgehead atoms. The minimum absolute atomic E-state index is 0.334. The third-order valence-electron chi connectivity index (χ3n) is 5.43. The number of carbonyl (C=O) groups is 1. The number of allylic oxidation sites excluding steroid dienone is 2. The Kier molecular flexibility index (Phi) is 7.81. The Morgan fingerprint density at radius 3 is 2.32 bits per heavy atom. The molecule has 1 N–H and O–H groups in total. The lowest BCUT2D eigenvalue weighted by Crippen LogP contribution is -2.31. The number of halogens is 1. The van der Waals surface area contributed by atoms with Gasteiger partial charge in [0.15, 0.2) is 0 Å². The topological polar surface area (TPSA) is 62.1 Å². The minimum atomic E-state index is -0.472. The molecule has 174 valence electrons. The number of hydrogen-bond donors (Lipinski definition) is 1. The fourth-order valence-electron chi connectivity index (χ4n) is 3.65. The van der Waals surface area contributed by atoms with Gasteiger partial charge in [-0.3, -0.25) is 4.79 Å². The molecular weight excluding hydrogens is 444 g/mol. The standard InChI is InChI=1S/C29H29ClN2O2/c1-19-11-13-23(20(2)15-19)24(17-31)27(29(3,4)5)32-28(33)22-12-14-26(25(30)16-22)34-18-21-9-7-6-8-10-21/h6-16H,18H2,1-5H3,(H,32,33). The Labute approximate surface area is 206 Å². The fourth-order valence-corrected chi connectivity index (χ4v) is 3.89. The van der Waals surface area contributed by atoms with Gasteiger partial charge in [0, 0.05) is 16.7 Å². The first-order valence-corrected chi connectivity index (χ1v) is 11.5. The zero-order valence-corrected chi connectivity index (χ0v) is 21.0. The number of carbonyl (C=O) groups excluding carboxylic acids is 1. The van der Waals surface area contributed by atoms with Crippen LogP contribution in [-0.4, -0.2) is 5.91 Å². The third kappa shape index (κ3) is 6.07. The molecule has 0 aliphatic heterocycles. The van der Waals surface area contributed by atoms with Crippen LogP contribution < -0.4 is 10.1 Å². The number of nitrogens with one attached hydrogen (secondary N) is 1. The number of amides is 1. The molecule has 3 rings (SSSR count). The number of ether oxygens (including phenoxy) is 1. The van der Waals surface area contributed by atoms with Gasteiger partial charge in [-0.25, -0.2) is 0 Å². The summed E-state index contributed by atoms with van der Waals surface area (Å²) in [4.78, 5) is 13.2. The maximum atomic E-state index is 13.2. The second-order valence-electron chi connectivity index (χ2n) is 9.30. The van der Waals surface area contributed by atoms with Crippen molar-refractivity contribution in [1.29, 1.82) is 5.26 Å². The van der Waals surface area contributed by atoms with Crippen LogP contribution in [0.15, 0.2) is 72.4 Å². The minimum Gasteiger partial charge on any atom is -0.487 e. The molecule has 0 heterocycles. The van der Waals surface area contributed by atoms with Crippen molar-refractivity contribution >= 4 is 23.1 Å². The molecule has 1 amide bonds. The Morgan fingerprint density at radius 2 is 1.74 bits per heavy atom. The van der Waals surface area contributed by atoms with E-state index in [1.54, 1.807) is 18.2 Å². The Bertz CT molecular complexity index is 1270. The molecular formula is C29H29ClN2O2. The molecule has 34 heavy (non-hydrogen) atoms. The fraction of sp³-hybridized carbons (Fsp3) is 0.241. The first-order chi connectivity index (χ1) is 16.1. The lowest BCUT2D eigenvalue weighted by atomic mass is 9.85. The van der Waals surface area contributed by atoms with Gasteiger partial charge in [0.2, 0.25) is 0 Å². The highest BCUT2D eigenvalue weighted by molar-refractivity contribution is 6.32. The highest BCUT2D eigenvalue weighted by atomic mass is 35.5. The summed E-state index contributed by atoms with van der Waals surface area (Å²) in [6, 6.07) is 23.0. The average Bonchev–Trinajstić information content (AvgIpc) is 2.79. The first kappa shape index (κ1) is 25.1. The molecule has 0 saturated heterocycles. The van der Waals surface area contributed by atoms with Crippen molar-refractivity contribution in [1.82, 2.24) is 5.32 Å². The molecule has 0 radical (unpaired) electrons. The van der Waals surface area contributed by atoms with Crippen LogP contribution in [0.4, 0.5) is 0 Å². The molecule has 0 aromatic heterocycles. The molecule has 0 atom stereocenters. The number of nitriles is 1. The van der Waals surface area contributed by atoms with Gasteiger partial charge in [0.25, 0.3) is 5.91 Å². The van der Waals surface area contributed by atoms with E-state index in [-0.39, 0.29) is 5.91 Å². The van der Waals surface area contributed by atoms with Gasteiger partial charge in [0.05, 0.1) is 10.6 Å². The van der Waals surface area contributed by atoms with E-state index in [0.717, 1.165) is 22.3 Å². The summed E-state index contributed by atoms with van der Waals surface area (Å²) >= 11 is 6.42. The SMILES string of the molecule is Cc1ccc(C(C#N)=C(NC(=O)c2ccc(OCc3ccccc3)c(Cl)c2)C(C)(C)C)c(C)c1. The molecule has 4 nitrogen and oxygen atoms in total. The number of nitrogens with zero attached hydrogens (tertiary/aromatic N) is 1. The van der Waals surface area contributed by atoms with Crippen molar-refractivity contribution in [3.63, 3.8) is 0 Å². The van der Waals surface area contributed by atoms with E-state index in [1.807, 2.05) is 83.1 Å². The second-order valence-corrected chi connectivity index (χ2v) is 9.71. The van der Waals surface area contributed by atoms with E-state index < -0.39 is 5.41 Å². The molecule has 0 aliphatic carbocycles. The van der Waals surface area contributed by atoms with Crippen LogP contribution in [0.25, 0.3) is 5.57 Å². The summed E-state index contributed by atoms with van der Waals surface area (Å²) in [5, 5.41) is 13.4. The smallest absolute Gasteiger partial charge is 0.255 e. The summed E-state index contributed by atoms with van der Waals surface area (Å²) < 4.78 is 5.81. The van der Waals surface area contributed by atoms with Gasteiger partial charge >= 0.3 is 0 Å². The van der Waals surface area contributed by atoms with Gasteiger partial charge in [0.1, 0.15) is 18.4 Å². The van der Waals surface area contributed by atoms with Crippen molar-refractivity contribution in [3.8, 4) is 11.8 Å². The molecule has 0 saturated carbocycles. The number of hydrogen-bond acceptors (Lipinski definition) is 3. The monoisotopic (exact) mass is 472 g/mol. The predicted octanol–water partition coefficient (Wildman–Crippen LogP) is 7.25. The van der Waals surface area contributed by atoms with Gasteiger partial charge in [-0.05, 0) is 48.7 Å². The Hall–Kier alpha value is -3.55. The zero-order valence-electron chi connectivity index (χ0n) is 20.2. The molecule has 5 heteroatoms. The van der Waals surface area contributed by atoms with Crippen LogP contribution in [0.5, 0.6) is 5.75 Å². The summed E-state index contributed by atoms with van der Waals surface area (Å²) in [6.45, 7) is 10.3. The maximum Gasteiger partial charge on any atom is 0.255 e. The molecule has 3 aromatic carbocycles. The van der Waals surface area contributed by atoms with Gasteiger partial charge in [-0.1, -0.05) is 86.5 Å². The van der Waals surface area contributed by atoms with E-state index in [4.69, 9.17) is 16.3 Å². The summed E-state index contributed by atoms with van der Waals surface area (Å²) in [6.07, 6.45) is 0. The molecule has 0 aliphatic rings. The van der Waals surface area contributed by atoms with Crippen LogP contribution in [0.3, 0.4) is 0 Å². The van der Waals surface area contributed by atoms with Crippen LogP contribution in [-0.2, 0) is 6.61 Å². The van der Waals surface area contributed by atoms with Gasteiger partial charge < -0.3 is 10.1 Å². The zero-order chi connectivity index (χ0) is 24.9. The largest absolute Gasteiger partial charge is 0.487 e. The summed E-state index contributed by atoms with van der Waals surface area (Å²) in [5.41, 5.74) is 4.86. The lowest BCUT2D eigenvalue weighted by Gasteiger charge is -2.26. The van der Waals surface area contributed by atoms with Crippen LogP contribution in [0.2, 0.25) is 5.02 Å². The first-order valence-electron chi connectivity index (χ1n) is 11.1. The third-order valence-corrected chi connectivity index (χ3v) is 5.73. The number of benzene rings is 3. The normalized spacial score (nSPS) is 11.9. The second kappa shape index (κ2) is 10.6. The Balaban J connectivity index is 1.88. The van der Waals surface area contributed by atoms with Crippen molar-refractivity contribution in [2.45, 2.75) is 41.2 Å².